The summed E-state index contributed by atoms with van der Waals surface area (Å²) in [6.07, 6.45) is 0. The lowest BCUT2D eigenvalue weighted by molar-refractivity contribution is 1.02. The van der Waals surface area contributed by atoms with E-state index in [9.17, 15) is 0 Å². The van der Waals surface area contributed by atoms with Gasteiger partial charge in [0, 0.05) is 48.7 Å². The fourth-order valence-corrected chi connectivity index (χ4v) is 9.62. The highest BCUT2D eigenvalue weighted by Gasteiger charge is 2.26. The first-order valence-electron chi connectivity index (χ1n) is 19.2. The highest BCUT2D eigenvalue weighted by molar-refractivity contribution is 6.37. The van der Waals surface area contributed by atoms with Gasteiger partial charge in [-0.3, -0.25) is 4.57 Å². The normalized spacial score (nSPS) is 12.3. The molecule has 0 atom stereocenters. The summed E-state index contributed by atoms with van der Waals surface area (Å²) in [6, 6.07) is 65.7. The molecule has 4 aromatic heterocycles. The SMILES string of the molecule is c1ccc(-c2ccc(-c3nc(-n4c5ccccc5c5c6c7ccccc7n7c8ccc9ccccc9c8c(cc54)c67)nc4c3ccc3ccccc34)cc2)cc1. The molecule has 0 spiro atoms. The monoisotopic (exact) mass is 710 g/mol. The number of hydrogen-bond acceptors (Lipinski definition) is 2. The third-order valence-electron chi connectivity index (χ3n) is 12.0. The Hall–Kier alpha value is -7.56. The molecule has 9 aromatic carbocycles. The second-order valence-corrected chi connectivity index (χ2v) is 14.9. The average molecular weight is 711 g/mol. The van der Waals surface area contributed by atoms with Crippen molar-refractivity contribution >= 4 is 92.3 Å². The van der Waals surface area contributed by atoms with Gasteiger partial charge >= 0.3 is 0 Å². The number of rotatable bonds is 3. The summed E-state index contributed by atoms with van der Waals surface area (Å²) < 4.78 is 4.81. The van der Waals surface area contributed by atoms with Crippen molar-refractivity contribution in [1.29, 1.82) is 0 Å². The molecule has 56 heavy (non-hydrogen) atoms. The summed E-state index contributed by atoms with van der Waals surface area (Å²) in [5.74, 6) is 0.661. The van der Waals surface area contributed by atoms with E-state index in [-0.39, 0.29) is 0 Å². The maximum Gasteiger partial charge on any atom is 0.235 e. The minimum absolute atomic E-state index is 0.661. The van der Waals surface area contributed by atoms with Crippen molar-refractivity contribution in [1.82, 2.24) is 18.9 Å². The van der Waals surface area contributed by atoms with Crippen LogP contribution < -0.4 is 0 Å². The number of para-hydroxylation sites is 2. The zero-order valence-electron chi connectivity index (χ0n) is 30.1. The van der Waals surface area contributed by atoms with Crippen molar-refractivity contribution in [2.24, 2.45) is 0 Å². The van der Waals surface area contributed by atoms with Crippen LogP contribution in [-0.2, 0) is 0 Å². The number of nitrogens with zero attached hydrogens (tertiary/aromatic N) is 4. The fraction of sp³-hybridized carbons (Fsp3) is 0. The summed E-state index contributed by atoms with van der Waals surface area (Å²) in [4.78, 5) is 11.1. The van der Waals surface area contributed by atoms with Crippen LogP contribution in [0.1, 0.15) is 0 Å². The standard InChI is InChI=1S/C52H30N4/c1-2-12-31(13-3-1)32-22-24-35(25-23-32)49-40-28-26-34-15-5-7-17-37(34)50(40)54-52(53-49)56-43-21-11-8-18-38(43)47-45(56)30-41-46-36-16-6-4-14-33(36)27-29-44(46)55-42-20-10-9-19-39(42)48(47)51(41)55/h1-30H. The molecule has 0 aliphatic heterocycles. The van der Waals surface area contributed by atoms with Crippen LogP contribution in [-0.4, -0.2) is 18.9 Å². The number of aromatic nitrogens is 4. The van der Waals surface area contributed by atoms with Crippen LogP contribution in [0.2, 0.25) is 0 Å². The summed E-state index contributed by atoms with van der Waals surface area (Å²) in [5.41, 5.74) is 11.2. The molecule has 0 N–H and O–H groups in total. The van der Waals surface area contributed by atoms with Gasteiger partial charge in [-0.15, -0.1) is 0 Å². The van der Waals surface area contributed by atoms with Crippen molar-refractivity contribution < 1.29 is 0 Å². The Morgan fingerprint density at radius 2 is 0.946 bits per heavy atom. The van der Waals surface area contributed by atoms with Gasteiger partial charge in [-0.25, -0.2) is 9.97 Å². The van der Waals surface area contributed by atoms with Crippen LogP contribution in [0.3, 0.4) is 0 Å². The van der Waals surface area contributed by atoms with Gasteiger partial charge < -0.3 is 4.40 Å². The molecule has 13 aromatic rings. The van der Waals surface area contributed by atoms with E-state index in [4.69, 9.17) is 9.97 Å². The third-order valence-corrected chi connectivity index (χ3v) is 12.0. The van der Waals surface area contributed by atoms with E-state index in [0.717, 1.165) is 44.0 Å². The molecule has 0 unspecified atom stereocenters. The predicted molar refractivity (Wildman–Crippen MR) is 234 cm³/mol. The topological polar surface area (TPSA) is 35.1 Å². The van der Waals surface area contributed by atoms with Crippen LogP contribution in [0, 0.1) is 0 Å². The van der Waals surface area contributed by atoms with Crippen LogP contribution in [0.5, 0.6) is 0 Å². The molecule has 0 saturated carbocycles. The maximum atomic E-state index is 5.56. The minimum atomic E-state index is 0.661. The van der Waals surface area contributed by atoms with Crippen molar-refractivity contribution in [3.63, 3.8) is 0 Å². The van der Waals surface area contributed by atoms with Gasteiger partial charge in [-0.2, -0.15) is 0 Å². The maximum absolute atomic E-state index is 5.56. The van der Waals surface area contributed by atoms with Gasteiger partial charge in [0.2, 0.25) is 5.95 Å². The second kappa shape index (κ2) is 11.0. The molecule has 0 fully saturated rings. The van der Waals surface area contributed by atoms with Gasteiger partial charge in [0.15, 0.2) is 0 Å². The molecule has 13 rings (SSSR count). The van der Waals surface area contributed by atoms with Crippen molar-refractivity contribution in [3.05, 3.63) is 182 Å². The zero-order valence-corrected chi connectivity index (χ0v) is 30.1. The van der Waals surface area contributed by atoms with E-state index in [0.29, 0.717) is 5.95 Å². The average Bonchev–Trinajstić information content (AvgIpc) is 3.91. The predicted octanol–water partition coefficient (Wildman–Crippen LogP) is 13.5. The molecule has 258 valence electrons. The van der Waals surface area contributed by atoms with Crippen LogP contribution in [0.15, 0.2) is 182 Å². The first-order chi connectivity index (χ1) is 27.8. The van der Waals surface area contributed by atoms with Crippen molar-refractivity contribution in [3.8, 4) is 28.3 Å². The Morgan fingerprint density at radius 1 is 0.339 bits per heavy atom. The van der Waals surface area contributed by atoms with E-state index in [1.807, 2.05) is 0 Å². The van der Waals surface area contributed by atoms with E-state index >= 15 is 0 Å². The van der Waals surface area contributed by atoms with Gasteiger partial charge in [0.05, 0.1) is 38.8 Å². The molecule has 4 heteroatoms. The molecule has 0 aliphatic rings. The third kappa shape index (κ3) is 3.92. The summed E-state index contributed by atoms with van der Waals surface area (Å²) in [6.45, 7) is 0. The molecule has 0 bridgehead atoms. The van der Waals surface area contributed by atoms with Crippen LogP contribution >= 0.6 is 0 Å². The molecular formula is C52H30N4. The minimum Gasteiger partial charge on any atom is -0.308 e. The molecule has 4 heterocycles. The first-order valence-corrected chi connectivity index (χ1v) is 19.2. The number of benzene rings is 9. The molecule has 0 amide bonds. The van der Waals surface area contributed by atoms with E-state index in [1.165, 1.54) is 70.8 Å². The summed E-state index contributed by atoms with van der Waals surface area (Å²) >= 11 is 0. The molecule has 0 aliphatic carbocycles. The molecule has 4 nitrogen and oxygen atoms in total. The van der Waals surface area contributed by atoms with E-state index < -0.39 is 0 Å². The Bertz CT molecular complexity index is 3740. The van der Waals surface area contributed by atoms with E-state index in [2.05, 4.69) is 191 Å². The fourth-order valence-electron chi connectivity index (χ4n) is 9.62. The Kier molecular flexibility index (Phi) is 5.86. The number of hydrogen-bond donors (Lipinski definition) is 0. The quantitative estimate of drug-likeness (QED) is 0.171. The lowest BCUT2D eigenvalue weighted by Crippen LogP contribution is -2.04. The highest BCUT2D eigenvalue weighted by Crippen LogP contribution is 2.48. The summed E-state index contributed by atoms with van der Waals surface area (Å²) in [7, 11) is 0. The van der Waals surface area contributed by atoms with Crippen molar-refractivity contribution in [2.75, 3.05) is 0 Å². The van der Waals surface area contributed by atoms with Crippen LogP contribution in [0.25, 0.3) is 121 Å². The van der Waals surface area contributed by atoms with Crippen LogP contribution in [0.4, 0.5) is 0 Å². The molecule has 0 saturated heterocycles. The van der Waals surface area contributed by atoms with Gasteiger partial charge in [0.1, 0.15) is 0 Å². The Morgan fingerprint density at radius 3 is 1.75 bits per heavy atom. The van der Waals surface area contributed by atoms with Gasteiger partial charge in [-0.05, 0) is 57.6 Å². The largest absolute Gasteiger partial charge is 0.308 e. The second-order valence-electron chi connectivity index (χ2n) is 14.9. The zero-order chi connectivity index (χ0) is 36.5. The number of fused-ring (bicyclic) bond motifs is 15. The highest BCUT2D eigenvalue weighted by atomic mass is 15.2. The molecule has 0 radical (unpaired) electrons. The van der Waals surface area contributed by atoms with Gasteiger partial charge in [0.25, 0.3) is 0 Å². The first kappa shape index (κ1) is 29.8. The molecular weight excluding hydrogens is 681 g/mol. The lowest BCUT2D eigenvalue weighted by Gasteiger charge is -2.14. The van der Waals surface area contributed by atoms with E-state index in [1.54, 1.807) is 0 Å². The smallest absolute Gasteiger partial charge is 0.235 e. The lowest BCUT2D eigenvalue weighted by atomic mass is 9.99. The Labute approximate surface area is 320 Å². The van der Waals surface area contributed by atoms with Gasteiger partial charge in [-0.1, -0.05) is 152 Å². The Balaban J connectivity index is 1.20. The van der Waals surface area contributed by atoms with Crippen molar-refractivity contribution in [2.45, 2.75) is 0 Å². The summed E-state index contributed by atoms with van der Waals surface area (Å²) in [5, 5.41) is 13.2.